The highest BCUT2D eigenvalue weighted by Gasteiger charge is 2.18. The Balaban J connectivity index is 1.73. The maximum absolute atomic E-state index is 5.73. The minimum atomic E-state index is 0.0209. The molecular weight excluding hydrogens is 306 g/mol. The van der Waals surface area contributed by atoms with Crippen LogP contribution in [0.15, 0.2) is 39.1 Å². The van der Waals surface area contributed by atoms with Crippen molar-refractivity contribution in [3.63, 3.8) is 0 Å². The Bertz CT molecular complexity index is 712. The number of aromatic nitrogens is 4. The van der Waals surface area contributed by atoms with Gasteiger partial charge in [-0.3, -0.25) is 0 Å². The van der Waals surface area contributed by atoms with Crippen molar-refractivity contribution < 1.29 is 4.42 Å². The van der Waals surface area contributed by atoms with Crippen LogP contribution in [0.25, 0.3) is 11.5 Å². The van der Waals surface area contributed by atoms with E-state index in [9.17, 15) is 0 Å². The minimum Gasteiger partial charge on any atom is -0.419 e. The van der Waals surface area contributed by atoms with Crippen LogP contribution in [0.1, 0.15) is 18.1 Å². The molecule has 8 heteroatoms. The smallest absolute Gasteiger partial charge is 0.247 e. The van der Waals surface area contributed by atoms with Crippen LogP contribution < -0.4 is 5.32 Å². The summed E-state index contributed by atoms with van der Waals surface area (Å²) in [6.45, 7) is 2.01. The fourth-order valence-corrected chi connectivity index (χ4v) is 3.54. The molecule has 0 aliphatic carbocycles. The van der Waals surface area contributed by atoms with Gasteiger partial charge in [0.2, 0.25) is 16.9 Å². The monoisotopic (exact) mass is 319 g/mol. The van der Waals surface area contributed by atoms with Gasteiger partial charge in [-0.05, 0) is 19.1 Å². The number of anilines is 1. The summed E-state index contributed by atoms with van der Waals surface area (Å²) < 4.78 is 6.60. The summed E-state index contributed by atoms with van der Waals surface area (Å²) in [6, 6.07) is 9.72. The van der Waals surface area contributed by atoms with E-state index in [1.807, 2.05) is 44.3 Å². The molecule has 1 atom stereocenters. The zero-order valence-corrected chi connectivity index (χ0v) is 13.1. The van der Waals surface area contributed by atoms with Gasteiger partial charge in [0.05, 0.1) is 5.25 Å². The second kappa shape index (κ2) is 6.23. The van der Waals surface area contributed by atoms with E-state index in [2.05, 4.69) is 25.7 Å². The van der Waals surface area contributed by atoms with Gasteiger partial charge < -0.3 is 9.73 Å². The molecule has 0 saturated carbocycles. The fraction of sp³-hybridized carbons (Fsp3) is 0.231. The minimum absolute atomic E-state index is 0.0209. The maximum atomic E-state index is 5.73. The molecule has 108 valence electrons. The summed E-state index contributed by atoms with van der Waals surface area (Å²) >= 11 is 3.05. The summed E-state index contributed by atoms with van der Waals surface area (Å²) in [6.07, 6.45) is 0. The predicted octanol–water partition coefficient (Wildman–Crippen LogP) is 3.48. The molecule has 0 unspecified atom stereocenters. The molecule has 1 aromatic carbocycles. The summed E-state index contributed by atoms with van der Waals surface area (Å²) in [7, 11) is 1.82. The third-order valence-electron chi connectivity index (χ3n) is 2.71. The topological polar surface area (TPSA) is 76.7 Å². The van der Waals surface area contributed by atoms with Crippen molar-refractivity contribution in [1.29, 1.82) is 0 Å². The van der Waals surface area contributed by atoms with E-state index in [0.717, 1.165) is 15.0 Å². The second-order valence-corrected chi connectivity index (χ2v) is 6.76. The number of hydrogen-bond donors (Lipinski definition) is 1. The van der Waals surface area contributed by atoms with Crippen molar-refractivity contribution in [2.45, 2.75) is 16.5 Å². The molecule has 1 N–H and O–H groups in total. The van der Waals surface area contributed by atoms with Crippen LogP contribution in [0, 0.1) is 0 Å². The Hall–Kier alpha value is -1.93. The number of hydrogen-bond acceptors (Lipinski definition) is 8. The van der Waals surface area contributed by atoms with Gasteiger partial charge in [-0.2, -0.15) is 0 Å². The zero-order chi connectivity index (χ0) is 14.7. The third kappa shape index (κ3) is 3.22. The summed E-state index contributed by atoms with van der Waals surface area (Å²) in [5.74, 6) is 1.12. The zero-order valence-electron chi connectivity index (χ0n) is 11.5. The van der Waals surface area contributed by atoms with E-state index in [0.29, 0.717) is 11.8 Å². The lowest BCUT2D eigenvalue weighted by Crippen LogP contribution is -1.88. The molecule has 0 radical (unpaired) electrons. The van der Waals surface area contributed by atoms with Gasteiger partial charge in [-0.1, -0.05) is 41.3 Å². The Labute approximate surface area is 130 Å². The fourth-order valence-electron chi connectivity index (χ4n) is 1.66. The van der Waals surface area contributed by atoms with E-state index in [1.165, 1.54) is 11.3 Å². The van der Waals surface area contributed by atoms with Crippen LogP contribution in [-0.4, -0.2) is 27.4 Å². The van der Waals surface area contributed by atoms with Crippen LogP contribution in [0.2, 0.25) is 0 Å². The molecule has 0 amide bonds. The Morgan fingerprint density at radius 2 is 1.95 bits per heavy atom. The molecule has 3 aromatic rings. The molecule has 21 heavy (non-hydrogen) atoms. The summed E-state index contributed by atoms with van der Waals surface area (Å²) in [5.41, 5.74) is 0.918. The second-order valence-electron chi connectivity index (χ2n) is 4.19. The maximum Gasteiger partial charge on any atom is 0.247 e. The molecule has 2 aromatic heterocycles. The first kappa shape index (κ1) is 14.0. The van der Waals surface area contributed by atoms with Gasteiger partial charge in [-0.15, -0.1) is 20.4 Å². The Morgan fingerprint density at radius 1 is 1.14 bits per heavy atom. The third-order valence-corrected chi connectivity index (χ3v) is 4.82. The van der Waals surface area contributed by atoms with Gasteiger partial charge in [0.15, 0.2) is 4.34 Å². The molecule has 2 heterocycles. The van der Waals surface area contributed by atoms with E-state index in [1.54, 1.807) is 11.8 Å². The quantitative estimate of drug-likeness (QED) is 0.721. The lowest BCUT2D eigenvalue weighted by atomic mass is 10.2. The number of nitrogens with zero attached hydrogens (tertiary/aromatic N) is 4. The highest BCUT2D eigenvalue weighted by Crippen LogP contribution is 2.37. The van der Waals surface area contributed by atoms with E-state index < -0.39 is 0 Å². The standard InChI is InChI=1S/C13H13N5OS2/c1-8(20-13-18-17-12(14-2)21-13)10-15-16-11(19-10)9-6-4-3-5-7-9/h3-8H,1-2H3,(H,14,17)/t8-/m1/s1. The van der Waals surface area contributed by atoms with Crippen LogP contribution >= 0.6 is 23.1 Å². The normalized spacial score (nSPS) is 12.3. The highest BCUT2D eigenvalue weighted by atomic mass is 32.2. The Morgan fingerprint density at radius 3 is 2.67 bits per heavy atom. The van der Waals surface area contributed by atoms with Crippen molar-refractivity contribution in [3.05, 3.63) is 36.2 Å². The average Bonchev–Trinajstić information content (AvgIpc) is 3.17. The number of thioether (sulfide) groups is 1. The van der Waals surface area contributed by atoms with Gasteiger partial charge in [0.1, 0.15) is 0 Å². The molecule has 0 bridgehead atoms. The first-order valence-corrected chi connectivity index (χ1v) is 8.02. The van der Waals surface area contributed by atoms with Crippen LogP contribution in [0.5, 0.6) is 0 Å². The van der Waals surface area contributed by atoms with E-state index in [-0.39, 0.29) is 5.25 Å². The van der Waals surface area contributed by atoms with Crippen molar-refractivity contribution >= 4 is 28.2 Å². The molecule has 0 fully saturated rings. The van der Waals surface area contributed by atoms with Crippen molar-refractivity contribution in [2.24, 2.45) is 0 Å². The molecule has 0 spiro atoms. The van der Waals surface area contributed by atoms with Crippen LogP contribution in [-0.2, 0) is 0 Å². The number of nitrogens with one attached hydrogen (secondary N) is 1. The van der Waals surface area contributed by atoms with Gasteiger partial charge in [0.25, 0.3) is 0 Å². The molecule has 0 aliphatic heterocycles. The summed E-state index contributed by atoms with van der Waals surface area (Å²) in [4.78, 5) is 0. The van der Waals surface area contributed by atoms with Crippen molar-refractivity contribution in [2.75, 3.05) is 12.4 Å². The lowest BCUT2D eigenvalue weighted by molar-refractivity contribution is 0.509. The Kier molecular flexibility index (Phi) is 4.16. The van der Waals surface area contributed by atoms with Crippen molar-refractivity contribution in [3.8, 4) is 11.5 Å². The van der Waals surface area contributed by atoms with Gasteiger partial charge in [0, 0.05) is 12.6 Å². The first-order chi connectivity index (χ1) is 10.3. The lowest BCUT2D eigenvalue weighted by Gasteiger charge is -2.02. The number of benzene rings is 1. The highest BCUT2D eigenvalue weighted by molar-refractivity contribution is 8.01. The van der Waals surface area contributed by atoms with Gasteiger partial charge >= 0.3 is 0 Å². The van der Waals surface area contributed by atoms with E-state index in [4.69, 9.17) is 4.42 Å². The average molecular weight is 319 g/mol. The SMILES string of the molecule is CNc1nnc(S[C@H](C)c2nnc(-c3ccccc3)o2)s1. The first-order valence-electron chi connectivity index (χ1n) is 6.33. The van der Waals surface area contributed by atoms with Crippen molar-refractivity contribution in [1.82, 2.24) is 20.4 Å². The largest absolute Gasteiger partial charge is 0.419 e. The van der Waals surface area contributed by atoms with Crippen LogP contribution in [0.3, 0.4) is 0 Å². The molecular formula is C13H13N5OS2. The molecule has 0 saturated heterocycles. The van der Waals surface area contributed by atoms with Crippen LogP contribution in [0.4, 0.5) is 5.13 Å². The molecule has 3 rings (SSSR count). The van der Waals surface area contributed by atoms with Gasteiger partial charge in [-0.25, -0.2) is 0 Å². The predicted molar refractivity (Wildman–Crippen MR) is 83.5 cm³/mol. The molecule has 0 aliphatic rings. The molecule has 6 nitrogen and oxygen atoms in total. The number of rotatable bonds is 5. The van der Waals surface area contributed by atoms with E-state index >= 15 is 0 Å². The summed E-state index contributed by atoms with van der Waals surface area (Å²) in [5, 5.41) is 20.1.